The number of ether oxygens (including phenoxy) is 2. The van der Waals surface area contributed by atoms with Crippen LogP contribution in [0.1, 0.15) is 36.4 Å². The molecule has 6 nitrogen and oxygen atoms in total. The zero-order valence-corrected chi connectivity index (χ0v) is 19.6. The van der Waals surface area contributed by atoms with Gasteiger partial charge in [-0.2, -0.15) is 5.10 Å². The van der Waals surface area contributed by atoms with Crippen LogP contribution in [0.4, 0.5) is 5.69 Å². The molecule has 32 heavy (non-hydrogen) atoms. The van der Waals surface area contributed by atoms with Crippen molar-refractivity contribution in [2.24, 2.45) is 5.92 Å². The van der Waals surface area contributed by atoms with Gasteiger partial charge in [0.15, 0.2) is 11.5 Å². The van der Waals surface area contributed by atoms with Crippen molar-refractivity contribution in [2.45, 2.75) is 34.6 Å². The summed E-state index contributed by atoms with van der Waals surface area (Å²) in [5.74, 6) is 1.53. The Morgan fingerprint density at radius 3 is 2.47 bits per heavy atom. The highest BCUT2D eigenvalue weighted by Crippen LogP contribution is 2.29. The molecule has 6 heteroatoms. The fraction of sp³-hybridized carbons (Fsp3) is 0.308. The molecule has 2 aromatic carbocycles. The third-order valence-electron chi connectivity index (χ3n) is 5.01. The first kappa shape index (κ1) is 23.1. The first-order valence-corrected chi connectivity index (χ1v) is 10.7. The standard InChI is InChI=1S/C26H31N3O3/c1-17(2)16-32-23-13-9-21(15-24(23)31-6)10-14-25(30)27-26-19(4)28-29(20(26)5)22-11-7-18(3)8-12-22/h7-15,17H,16H2,1-6H3,(H,27,30)/b14-10+. The molecule has 3 rings (SSSR count). The minimum atomic E-state index is -0.223. The van der Waals surface area contributed by atoms with Gasteiger partial charge in [-0.05, 0) is 62.6 Å². The van der Waals surface area contributed by atoms with Crippen LogP contribution in [-0.2, 0) is 4.79 Å². The van der Waals surface area contributed by atoms with Crippen molar-refractivity contribution in [2.75, 3.05) is 19.0 Å². The molecule has 0 unspecified atom stereocenters. The van der Waals surface area contributed by atoms with Crippen LogP contribution in [0.3, 0.4) is 0 Å². The lowest BCUT2D eigenvalue weighted by Crippen LogP contribution is -2.09. The van der Waals surface area contributed by atoms with E-state index in [0.717, 1.165) is 28.3 Å². The lowest BCUT2D eigenvalue weighted by Gasteiger charge is -2.12. The molecule has 1 heterocycles. The second-order valence-corrected chi connectivity index (χ2v) is 8.23. The molecule has 1 amide bonds. The molecule has 0 bridgehead atoms. The van der Waals surface area contributed by atoms with Crippen molar-refractivity contribution in [3.63, 3.8) is 0 Å². The van der Waals surface area contributed by atoms with Gasteiger partial charge in [-0.15, -0.1) is 0 Å². The van der Waals surface area contributed by atoms with Crippen molar-refractivity contribution >= 4 is 17.7 Å². The predicted octanol–water partition coefficient (Wildman–Crippen LogP) is 5.49. The summed E-state index contributed by atoms with van der Waals surface area (Å²) in [6.07, 6.45) is 3.25. The van der Waals surface area contributed by atoms with E-state index >= 15 is 0 Å². The lowest BCUT2D eigenvalue weighted by molar-refractivity contribution is -0.111. The van der Waals surface area contributed by atoms with Crippen molar-refractivity contribution in [1.29, 1.82) is 0 Å². The van der Waals surface area contributed by atoms with Gasteiger partial charge in [-0.1, -0.05) is 37.6 Å². The molecular formula is C26H31N3O3. The number of aryl methyl sites for hydroxylation is 2. The van der Waals surface area contributed by atoms with Crippen molar-refractivity contribution < 1.29 is 14.3 Å². The van der Waals surface area contributed by atoms with Crippen LogP contribution in [0, 0.1) is 26.7 Å². The van der Waals surface area contributed by atoms with Gasteiger partial charge in [0.05, 0.1) is 36.5 Å². The summed E-state index contributed by atoms with van der Waals surface area (Å²) in [5.41, 5.74) is 5.34. The number of nitrogens with zero attached hydrogens (tertiary/aromatic N) is 2. The van der Waals surface area contributed by atoms with Gasteiger partial charge in [0.1, 0.15) is 0 Å². The van der Waals surface area contributed by atoms with Crippen molar-refractivity contribution in [3.8, 4) is 17.2 Å². The van der Waals surface area contributed by atoms with Crippen LogP contribution in [0.5, 0.6) is 11.5 Å². The van der Waals surface area contributed by atoms with E-state index in [-0.39, 0.29) is 5.91 Å². The van der Waals surface area contributed by atoms with E-state index in [1.165, 1.54) is 11.6 Å². The number of nitrogens with one attached hydrogen (secondary N) is 1. The van der Waals surface area contributed by atoms with Crippen molar-refractivity contribution in [1.82, 2.24) is 9.78 Å². The number of aromatic nitrogens is 2. The average Bonchev–Trinajstić information content (AvgIpc) is 3.05. The molecule has 0 saturated heterocycles. The normalized spacial score (nSPS) is 11.2. The molecule has 0 atom stereocenters. The fourth-order valence-corrected chi connectivity index (χ4v) is 3.26. The number of amides is 1. The average molecular weight is 434 g/mol. The highest BCUT2D eigenvalue weighted by atomic mass is 16.5. The number of benzene rings is 2. The van der Waals surface area contributed by atoms with Crippen LogP contribution in [0.2, 0.25) is 0 Å². The maximum absolute atomic E-state index is 12.6. The zero-order valence-electron chi connectivity index (χ0n) is 19.6. The Hall–Kier alpha value is -3.54. The number of carbonyl (C=O) groups is 1. The molecular weight excluding hydrogens is 402 g/mol. The highest BCUT2D eigenvalue weighted by molar-refractivity contribution is 6.02. The molecule has 0 saturated carbocycles. The van der Waals surface area contributed by atoms with Gasteiger partial charge in [0.25, 0.3) is 0 Å². The number of anilines is 1. The number of rotatable bonds is 8. The summed E-state index contributed by atoms with van der Waals surface area (Å²) in [6.45, 7) is 10.7. The third-order valence-corrected chi connectivity index (χ3v) is 5.01. The van der Waals surface area contributed by atoms with Crippen LogP contribution in [0.15, 0.2) is 48.5 Å². The van der Waals surface area contributed by atoms with Gasteiger partial charge in [-0.3, -0.25) is 4.79 Å². The maximum Gasteiger partial charge on any atom is 0.248 e. The largest absolute Gasteiger partial charge is 0.493 e. The Balaban J connectivity index is 1.72. The van der Waals surface area contributed by atoms with E-state index < -0.39 is 0 Å². The Morgan fingerprint density at radius 2 is 1.81 bits per heavy atom. The molecule has 0 spiro atoms. The minimum absolute atomic E-state index is 0.223. The Labute approximate surface area is 189 Å². The minimum Gasteiger partial charge on any atom is -0.493 e. The molecule has 1 aromatic heterocycles. The van der Waals surface area contributed by atoms with E-state index in [2.05, 4.69) is 24.3 Å². The van der Waals surface area contributed by atoms with Crippen molar-refractivity contribution in [3.05, 3.63) is 71.1 Å². The van der Waals surface area contributed by atoms with Gasteiger partial charge in [-0.25, -0.2) is 4.68 Å². The number of hydrogen-bond donors (Lipinski definition) is 1. The van der Waals surface area contributed by atoms with E-state index in [0.29, 0.717) is 24.0 Å². The molecule has 1 N–H and O–H groups in total. The Kier molecular flexibility index (Phi) is 7.36. The summed E-state index contributed by atoms with van der Waals surface area (Å²) in [5, 5.41) is 7.55. The monoisotopic (exact) mass is 433 g/mol. The first-order chi connectivity index (χ1) is 15.3. The smallest absolute Gasteiger partial charge is 0.248 e. The van der Waals surface area contributed by atoms with Crippen LogP contribution < -0.4 is 14.8 Å². The molecule has 168 valence electrons. The van der Waals surface area contributed by atoms with E-state index in [4.69, 9.17) is 9.47 Å². The molecule has 0 aliphatic heterocycles. The second kappa shape index (κ2) is 10.2. The van der Waals surface area contributed by atoms with Gasteiger partial charge in [0, 0.05) is 6.08 Å². The zero-order chi connectivity index (χ0) is 23.3. The SMILES string of the molecule is COc1cc(/C=C/C(=O)Nc2c(C)nn(-c3ccc(C)cc3)c2C)ccc1OCC(C)C. The van der Waals surface area contributed by atoms with Gasteiger partial charge >= 0.3 is 0 Å². The molecule has 0 radical (unpaired) electrons. The predicted molar refractivity (Wildman–Crippen MR) is 129 cm³/mol. The number of methoxy groups -OCH3 is 1. The topological polar surface area (TPSA) is 65.4 Å². The van der Waals surface area contributed by atoms with E-state index in [1.54, 1.807) is 13.2 Å². The highest BCUT2D eigenvalue weighted by Gasteiger charge is 2.14. The number of carbonyl (C=O) groups excluding carboxylic acids is 1. The van der Waals surface area contributed by atoms with Crippen LogP contribution in [0.25, 0.3) is 11.8 Å². The molecule has 0 aliphatic rings. The Bertz CT molecular complexity index is 1110. The van der Waals surface area contributed by atoms with Crippen LogP contribution in [-0.4, -0.2) is 29.4 Å². The summed E-state index contributed by atoms with van der Waals surface area (Å²) in [6, 6.07) is 13.7. The van der Waals surface area contributed by atoms with Crippen LogP contribution >= 0.6 is 0 Å². The second-order valence-electron chi connectivity index (χ2n) is 8.23. The maximum atomic E-state index is 12.6. The van der Waals surface area contributed by atoms with Gasteiger partial charge in [0.2, 0.25) is 5.91 Å². The van der Waals surface area contributed by atoms with E-state index in [9.17, 15) is 4.79 Å². The molecule has 3 aromatic rings. The lowest BCUT2D eigenvalue weighted by atomic mass is 10.2. The Morgan fingerprint density at radius 1 is 1.09 bits per heavy atom. The van der Waals surface area contributed by atoms with Gasteiger partial charge < -0.3 is 14.8 Å². The third kappa shape index (κ3) is 5.58. The molecule has 0 fully saturated rings. The quantitative estimate of drug-likeness (QED) is 0.477. The first-order valence-electron chi connectivity index (χ1n) is 10.7. The summed E-state index contributed by atoms with van der Waals surface area (Å²) < 4.78 is 13.1. The fourth-order valence-electron chi connectivity index (χ4n) is 3.26. The van der Waals surface area contributed by atoms with E-state index in [1.807, 2.05) is 67.9 Å². The molecule has 0 aliphatic carbocycles. The number of hydrogen-bond acceptors (Lipinski definition) is 4. The summed E-state index contributed by atoms with van der Waals surface area (Å²) in [7, 11) is 1.61. The summed E-state index contributed by atoms with van der Waals surface area (Å²) in [4.78, 5) is 12.6. The summed E-state index contributed by atoms with van der Waals surface area (Å²) >= 11 is 0.